The second-order valence-electron chi connectivity index (χ2n) is 12.7. The van der Waals surface area contributed by atoms with Gasteiger partial charge in [-0.2, -0.15) is 5.10 Å². The topological polar surface area (TPSA) is 120 Å². The maximum Gasteiger partial charge on any atom is 0.283 e. The van der Waals surface area contributed by atoms with Crippen LogP contribution in [0.1, 0.15) is 43.5 Å². The SMILES string of the molecule is C=CC(=O)N1CC2C(=O)N(C)c3c(c4cc(Cl)c(-c5c(C)ccc6[nH]ncc56)nc4n(-c4c(C)ccnc4C(C)C)c3=O)N2CC1C. The fraction of sp³-hybridized carbons (Fsp3) is 0.314. The average molecular weight is 651 g/mol. The molecule has 2 unspecified atom stereocenters. The van der Waals surface area contributed by atoms with E-state index >= 15 is 4.79 Å². The first-order chi connectivity index (χ1) is 22.4. The first kappa shape index (κ1) is 30.6. The third-order valence-electron chi connectivity index (χ3n) is 9.48. The van der Waals surface area contributed by atoms with Gasteiger partial charge >= 0.3 is 0 Å². The fourth-order valence-corrected chi connectivity index (χ4v) is 7.39. The second kappa shape index (κ2) is 11.0. The average Bonchev–Trinajstić information content (AvgIpc) is 3.52. The van der Waals surface area contributed by atoms with Crippen molar-refractivity contribution in [3.8, 4) is 16.9 Å². The number of aromatic nitrogens is 5. The summed E-state index contributed by atoms with van der Waals surface area (Å²) < 4.78 is 1.60. The molecule has 2 atom stereocenters. The Kier molecular flexibility index (Phi) is 7.20. The number of aromatic amines is 1. The molecule has 12 heteroatoms. The predicted octanol–water partition coefficient (Wildman–Crippen LogP) is 5.29. The number of H-pyrrole nitrogens is 1. The molecule has 0 spiro atoms. The molecular formula is C35H35ClN8O3. The van der Waals surface area contributed by atoms with Crippen molar-refractivity contribution < 1.29 is 9.59 Å². The minimum absolute atomic E-state index is 0.0170. The van der Waals surface area contributed by atoms with Crippen LogP contribution in [0.2, 0.25) is 5.02 Å². The van der Waals surface area contributed by atoms with Gasteiger partial charge in [0, 0.05) is 42.2 Å². The van der Waals surface area contributed by atoms with Crippen molar-refractivity contribution in [1.29, 1.82) is 0 Å². The van der Waals surface area contributed by atoms with Crippen LogP contribution < -0.4 is 15.4 Å². The van der Waals surface area contributed by atoms with Gasteiger partial charge in [-0.15, -0.1) is 0 Å². The van der Waals surface area contributed by atoms with Gasteiger partial charge in [0.1, 0.15) is 17.4 Å². The molecule has 1 N–H and O–H groups in total. The number of aryl methyl sites for hydroxylation is 2. The van der Waals surface area contributed by atoms with Crippen LogP contribution in [0.15, 0.2) is 54.1 Å². The standard InChI is InChI=1S/C35H35ClN8O3/c1-8-26(45)42-16-25-34(46)41(7)32-31(43(25)15-20(42)6)21-13-23(36)29(27-18(4)9-10-24-22(27)14-38-40-24)39-33(21)44(35(32)47)30-19(5)11-12-37-28(30)17(2)3/h8-14,17,20,25H,1,15-16H2,2-7H3,(H,38,40). The maximum atomic E-state index is 15.0. The lowest BCUT2D eigenvalue weighted by Crippen LogP contribution is -2.66. The van der Waals surface area contributed by atoms with Gasteiger partial charge in [-0.05, 0) is 62.1 Å². The molecule has 0 bridgehead atoms. The van der Waals surface area contributed by atoms with Gasteiger partial charge < -0.3 is 14.7 Å². The minimum atomic E-state index is -0.710. The van der Waals surface area contributed by atoms with Crippen LogP contribution in [0.5, 0.6) is 0 Å². The number of anilines is 2. The maximum absolute atomic E-state index is 15.0. The Morgan fingerprint density at radius 3 is 2.57 bits per heavy atom. The number of hydrogen-bond donors (Lipinski definition) is 1. The van der Waals surface area contributed by atoms with E-state index in [1.54, 1.807) is 28.9 Å². The summed E-state index contributed by atoms with van der Waals surface area (Å²) in [6.07, 6.45) is 4.75. The van der Waals surface area contributed by atoms with Crippen LogP contribution in [0.3, 0.4) is 0 Å². The summed E-state index contributed by atoms with van der Waals surface area (Å²) in [7, 11) is 1.61. The van der Waals surface area contributed by atoms with Crippen molar-refractivity contribution in [3.05, 3.63) is 81.5 Å². The summed E-state index contributed by atoms with van der Waals surface area (Å²) in [5, 5.41) is 9.14. The number of piperazine rings is 1. The molecule has 47 heavy (non-hydrogen) atoms. The number of nitrogens with zero attached hydrogens (tertiary/aromatic N) is 7. The fourth-order valence-electron chi connectivity index (χ4n) is 7.15. The van der Waals surface area contributed by atoms with Gasteiger partial charge in [-0.25, -0.2) is 4.98 Å². The van der Waals surface area contributed by atoms with Crippen molar-refractivity contribution >= 4 is 56.7 Å². The summed E-state index contributed by atoms with van der Waals surface area (Å²) in [6.45, 7) is 14.0. The molecule has 2 amide bonds. The molecule has 240 valence electrons. The molecule has 1 aromatic carbocycles. The number of carbonyl (C=O) groups is 2. The van der Waals surface area contributed by atoms with E-state index in [1.807, 2.05) is 63.8 Å². The van der Waals surface area contributed by atoms with Crippen molar-refractivity contribution in [2.45, 2.75) is 52.6 Å². The third kappa shape index (κ3) is 4.47. The lowest BCUT2D eigenvalue weighted by Gasteiger charge is -2.49. The number of pyridine rings is 3. The Labute approximate surface area is 276 Å². The quantitative estimate of drug-likeness (QED) is 0.263. The van der Waals surface area contributed by atoms with E-state index in [4.69, 9.17) is 21.6 Å². The number of hydrogen-bond acceptors (Lipinski definition) is 7. The third-order valence-corrected chi connectivity index (χ3v) is 9.77. The number of halogens is 1. The molecule has 2 aliphatic rings. The molecule has 2 aliphatic heterocycles. The molecule has 0 radical (unpaired) electrons. The van der Waals surface area contributed by atoms with Crippen molar-refractivity contribution in [2.75, 3.05) is 29.9 Å². The highest BCUT2D eigenvalue weighted by molar-refractivity contribution is 6.34. The van der Waals surface area contributed by atoms with Gasteiger partial charge in [0.15, 0.2) is 0 Å². The molecular weight excluding hydrogens is 616 g/mol. The summed E-state index contributed by atoms with van der Waals surface area (Å²) in [4.78, 5) is 56.7. The van der Waals surface area contributed by atoms with Crippen molar-refractivity contribution in [2.24, 2.45) is 0 Å². The molecule has 5 aromatic rings. The summed E-state index contributed by atoms with van der Waals surface area (Å²) >= 11 is 7.17. The van der Waals surface area contributed by atoms with Gasteiger partial charge in [0.2, 0.25) is 5.91 Å². The highest BCUT2D eigenvalue weighted by atomic mass is 35.5. The predicted molar refractivity (Wildman–Crippen MR) is 185 cm³/mol. The second-order valence-corrected chi connectivity index (χ2v) is 13.1. The number of carbonyl (C=O) groups excluding carboxylic acids is 2. The van der Waals surface area contributed by atoms with E-state index < -0.39 is 11.6 Å². The number of nitrogens with one attached hydrogen (secondary N) is 1. The zero-order valence-corrected chi connectivity index (χ0v) is 27.9. The number of amides is 2. The number of likely N-dealkylation sites (N-methyl/N-ethyl adjacent to an activating group) is 1. The van der Waals surface area contributed by atoms with E-state index in [0.717, 1.165) is 33.3 Å². The van der Waals surface area contributed by atoms with Gasteiger partial charge in [0.25, 0.3) is 11.5 Å². The van der Waals surface area contributed by atoms with E-state index in [-0.39, 0.29) is 36.0 Å². The van der Waals surface area contributed by atoms with Gasteiger partial charge in [0.05, 0.1) is 46.0 Å². The molecule has 0 aliphatic carbocycles. The lowest BCUT2D eigenvalue weighted by atomic mass is 9.97. The first-order valence-corrected chi connectivity index (χ1v) is 16.0. The minimum Gasteiger partial charge on any atom is -0.354 e. The van der Waals surface area contributed by atoms with E-state index in [1.165, 1.54) is 11.0 Å². The first-order valence-electron chi connectivity index (χ1n) is 15.6. The van der Waals surface area contributed by atoms with Crippen LogP contribution in [0.25, 0.3) is 38.9 Å². The normalized spacial score (nSPS) is 17.9. The Morgan fingerprint density at radius 1 is 1.09 bits per heavy atom. The smallest absolute Gasteiger partial charge is 0.283 e. The number of rotatable bonds is 4. The molecule has 6 heterocycles. The molecule has 1 saturated heterocycles. The molecule has 11 nitrogen and oxygen atoms in total. The lowest BCUT2D eigenvalue weighted by molar-refractivity contribution is -0.130. The van der Waals surface area contributed by atoms with E-state index in [9.17, 15) is 9.59 Å². The van der Waals surface area contributed by atoms with Crippen molar-refractivity contribution in [3.63, 3.8) is 0 Å². The van der Waals surface area contributed by atoms with Gasteiger partial charge in [-0.3, -0.25) is 29.0 Å². The molecule has 4 aromatic heterocycles. The highest BCUT2D eigenvalue weighted by Crippen LogP contribution is 2.44. The van der Waals surface area contributed by atoms with Crippen molar-refractivity contribution in [1.82, 2.24) is 29.6 Å². The summed E-state index contributed by atoms with van der Waals surface area (Å²) in [6, 6.07) is 6.69. The molecule has 0 saturated carbocycles. The number of fused-ring (bicyclic) bond motifs is 6. The zero-order valence-electron chi connectivity index (χ0n) is 27.1. The Hall–Kier alpha value is -5.03. The Bertz CT molecular complexity index is 2220. The Morgan fingerprint density at radius 2 is 1.85 bits per heavy atom. The van der Waals surface area contributed by atoms with Crippen LogP contribution in [-0.4, -0.2) is 73.7 Å². The van der Waals surface area contributed by atoms with Crippen LogP contribution in [0.4, 0.5) is 11.4 Å². The van der Waals surface area contributed by atoms with Crippen LogP contribution in [0, 0.1) is 13.8 Å². The zero-order chi connectivity index (χ0) is 33.5. The Balaban J connectivity index is 1.62. The largest absolute Gasteiger partial charge is 0.354 e. The molecule has 1 fully saturated rings. The number of benzene rings is 1. The summed E-state index contributed by atoms with van der Waals surface area (Å²) in [5.41, 5.74) is 6.08. The van der Waals surface area contributed by atoms with E-state index in [2.05, 4.69) is 16.8 Å². The van der Waals surface area contributed by atoms with E-state index in [0.29, 0.717) is 39.7 Å². The van der Waals surface area contributed by atoms with Gasteiger partial charge in [-0.1, -0.05) is 38.1 Å². The molecule has 7 rings (SSSR count). The van der Waals surface area contributed by atoms with Crippen LogP contribution >= 0.6 is 11.6 Å². The summed E-state index contributed by atoms with van der Waals surface area (Å²) in [5.74, 6) is -0.541. The van der Waals surface area contributed by atoms with Crippen LogP contribution in [-0.2, 0) is 9.59 Å². The monoisotopic (exact) mass is 650 g/mol. The highest BCUT2D eigenvalue weighted by Gasteiger charge is 2.46.